The number of hydrogen-bond acceptors (Lipinski definition) is 5. The molecule has 0 bridgehead atoms. The van der Waals surface area contributed by atoms with Gasteiger partial charge in [0.25, 0.3) is 10.9 Å². The van der Waals surface area contributed by atoms with Crippen LogP contribution in [0, 0.1) is 0 Å². The summed E-state index contributed by atoms with van der Waals surface area (Å²) in [6, 6.07) is -0.860. The van der Waals surface area contributed by atoms with Gasteiger partial charge in [-0.2, -0.15) is 0 Å². The van der Waals surface area contributed by atoms with Gasteiger partial charge < -0.3 is 16.4 Å². The highest BCUT2D eigenvalue weighted by Crippen LogP contribution is 2.22. The van der Waals surface area contributed by atoms with Crippen molar-refractivity contribution in [3.05, 3.63) is 80.8 Å². The van der Waals surface area contributed by atoms with E-state index in [0.717, 1.165) is 0 Å². The Kier molecular flexibility index (Phi) is 5.31. The lowest BCUT2D eigenvalue weighted by Crippen LogP contribution is -2.44. The molecule has 0 saturated carbocycles. The summed E-state index contributed by atoms with van der Waals surface area (Å²) in [4.78, 5) is 35.4. The number of primary amides is 1. The van der Waals surface area contributed by atoms with Crippen molar-refractivity contribution in [3.8, 4) is 0 Å². The van der Waals surface area contributed by atoms with Crippen molar-refractivity contribution in [1.29, 1.82) is 0 Å². The molecule has 6 nitrogen and oxygen atoms in total. The van der Waals surface area contributed by atoms with Crippen LogP contribution in [-0.4, -0.2) is 11.9 Å². The number of nitrogens with two attached hydrogens (primary N) is 1. The quantitative estimate of drug-likeness (QED) is 0.496. The second-order valence-electron chi connectivity index (χ2n) is 5.21. The predicted octanol–water partition coefficient (Wildman–Crippen LogP) is 1.49. The molecule has 4 N–H and O–H groups in total. The first-order valence-corrected chi connectivity index (χ1v) is 7.47. The Bertz CT molecular complexity index is 849. The SMILES string of the molecule is C=C/C=C(\C=C/C)Nc1c(NC(C(N)=O)C2=CCC=C2)c(=O)c1=O. The van der Waals surface area contributed by atoms with Crippen LogP contribution in [0.5, 0.6) is 0 Å². The summed E-state index contributed by atoms with van der Waals surface area (Å²) in [6.07, 6.45) is 12.9. The zero-order valence-corrected chi connectivity index (χ0v) is 13.3. The van der Waals surface area contributed by atoms with Gasteiger partial charge in [0.1, 0.15) is 17.4 Å². The summed E-state index contributed by atoms with van der Waals surface area (Å²) >= 11 is 0. The standard InChI is InChI=1S/C18H19N3O3/c1-3-7-12(8-4-2)20-14-15(17(23)16(14)22)21-13(18(19)24)11-9-5-6-10-11/h3-5,7-10,13,20-21H,1,6H2,2H3,(H2,19,24)/b8-4-,12-7+. The molecule has 1 aliphatic carbocycles. The van der Waals surface area contributed by atoms with Gasteiger partial charge in [-0.15, -0.1) is 0 Å². The van der Waals surface area contributed by atoms with E-state index in [0.29, 0.717) is 17.7 Å². The highest BCUT2D eigenvalue weighted by molar-refractivity contribution is 5.90. The van der Waals surface area contributed by atoms with Crippen LogP contribution >= 0.6 is 0 Å². The van der Waals surface area contributed by atoms with E-state index in [-0.39, 0.29) is 11.4 Å². The molecule has 0 saturated heterocycles. The maximum Gasteiger partial charge on any atom is 0.253 e. The number of carbonyl (C=O) groups excluding carboxylic acids is 1. The minimum Gasteiger partial charge on any atom is -0.368 e. The van der Waals surface area contributed by atoms with Gasteiger partial charge in [-0.25, -0.2) is 0 Å². The first-order chi connectivity index (χ1) is 11.5. The molecule has 1 amide bonds. The van der Waals surface area contributed by atoms with Gasteiger partial charge in [0.2, 0.25) is 5.91 Å². The van der Waals surface area contributed by atoms with E-state index in [4.69, 9.17) is 5.73 Å². The van der Waals surface area contributed by atoms with Gasteiger partial charge >= 0.3 is 0 Å². The largest absolute Gasteiger partial charge is 0.368 e. The number of hydrogen-bond donors (Lipinski definition) is 3. The van der Waals surface area contributed by atoms with E-state index in [1.807, 2.05) is 19.1 Å². The molecule has 6 heteroatoms. The predicted molar refractivity (Wildman–Crippen MR) is 96.5 cm³/mol. The molecule has 24 heavy (non-hydrogen) atoms. The monoisotopic (exact) mass is 325 g/mol. The molecule has 2 rings (SSSR count). The van der Waals surface area contributed by atoms with Crippen molar-refractivity contribution in [2.75, 3.05) is 10.6 Å². The molecule has 1 aliphatic rings. The van der Waals surface area contributed by atoms with Gasteiger partial charge in [-0.05, 0) is 31.1 Å². The van der Waals surface area contributed by atoms with Gasteiger partial charge in [-0.1, -0.05) is 37.0 Å². The molecule has 1 aromatic carbocycles. The lowest BCUT2D eigenvalue weighted by Gasteiger charge is -2.21. The fourth-order valence-corrected chi connectivity index (χ4v) is 2.39. The first-order valence-electron chi connectivity index (χ1n) is 7.47. The van der Waals surface area contributed by atoms with Crippen molar-refractivity contribution in [1.82, 2.24) is 0 Å². The van der Waals surface area contributed by atoms with Crippen molar-refractivity contribution >= 4 is 17.3 Å². The molecule has 0 radical (unpaired) electrons. The van der Waals surface area contributed by atoms with E-state index < -0.39 is 22.8 Å². The normalized spacial score (nSPS) is 15.5. The lowest BCUT2D eigenvalue weighted by atomic mass is 10.1. The fraction of sp³-hybridized carbons (Fsp3) is 0.167. The molecule has 1 unspecified atom stereocenters. The van der Waals surface area contributed by atoms with E-state index in [2.05, 4.69) is 17.2 Å². The van der Waals surface area contributed by atoms with Crippen molar-refractivity contribution in [2.45, 2.75) is 19.4 Å². The third-order valence-electron chi connectivity index (χ3n) is 3.53. The van der Waals surface area contributed by atoms with Crippen LogP contribution in [0.25, 0.3) is 0 Å². The number of anilines is 2. The molecule has 0 aromatic heterocycles. The average molecular weight is 325 g/mol. The van der Waals surface area contributed by atoms with Crippen molar-refractivity contribution in [3.63, 3.8) is 0 Å². The summed E-state index contributed by atoms with van der Waals surface area (Å²) in [6.45, 7) is 5.42. The zero-order valence-electron chi connectivity index (χ0n) is 13.3. The van der Waals surface area contributed by atoms with Gasteiger partial charge in [0.15, 0.2) is 0 Å². The molecular weight excluding hydrogens is 306 g/mol. The Morgan fingerprint density at radius 1 is 1.33 bits per heavy atom. The molecule has 124 valence electrons. The maximum atomic E-state index is 11.9. The topological polar surface area (TPSA) is 101 Å². The Hall–Kier alpha value is -3.15. The van der Waals surface area contributed by atoms with E-state index in [9.17, 15) is 14.4 Å². The van der Waals surface area contributed by atoms with E-state index >= 15 is 0 Å². The minimum atomic E-state index is -0.860. The lowest BCUT2D eigenvalue weighted by molar-refractivity contribution is -0.118. The first kappa shape index (κ1) is 17.2. The Morgan fingerprint density at radius 2 is 2.04 bits per heavy atom. The van der Waals surface area contributed by atoms with Crippen molar-refractivity contribution < 1.29 is 4.79 Å². The van der Waals surface area contributed by atoms with Gasteiger partial charge in [0.05, 0.1) is 0 Å². The van der Waals surface area contributed by atoms with E-state index in [1.54, 1.807) is 30.4 Å². The van der Waals surface area contributed by atoms with Crippen LogP contribution in [0.3, 0.4) is 0 Å². The number of allylic oxidation sites excluding steroid dienone is 6. The maximum absolute atomic E-state index is 11.9. The highest BCUT2D eigenvalue weighted by atomic mass is 16.2. The average Bonchev–Trinajstić information content (AvgIpc) is 3.07. The Labute approximate surface area is 139 Å². The van der Waals surface area contributed by atoms with Crippen LogP contribution in [-0.2, 0) is 4.79 Å². The van der Waals surface area contributed by atoms with Crippen LogP contribution in [0.15, 0.2) is 70.0 Å². The van der Waals surface area contributed by atoms with Crippen LogP contribution < -0.4 is 27.2 Å². The van der Waals surface area contributed by atoms with E-state index in [1.165, 1.54) is 0 Å². The Balaban J connectivity index is 2.30. The van der Waals surface area contributed by atoms with Crippen molar-refractivity contribution in [2.24, 2.45) is 5.73 Å². The summed E-state index contributed by atoms with van der Waals surface area (Å²) in [5, 5.41) is 5.67. The second-order valence-corrected chi connectivity index (χ2v) is 5.21. The molecule has 0 fully saturated rings. The number of nitrogens with one attached hydrogen (secondary N) is 2. The molecule has 1 aromatic rings. The summed E-state index contributed by atoms with van der Waals surface area (Å²) in [5.74, 6) is -0.623. The third kappa shape index (κ3) is 3.43. The number of rotatable bonds is 8. The number of carbonyl (C=O) groups is 1. The Morgan fingerprint density at radius 3 is 2.58 bits per heavy atom. The molecule has 1 atom stereocenters. The third-order valence-corrected chi connectivity index (χ3v) is 3.53. The minimum absolute atomic E-state index is 0.0597. The molecule has 0 spiro atoms. The molecular formula is C18H19N3O3. The summed E-state index contributed by atoms with van der Waals surface area (Å²) in [5.41, 5.74) is 5.54. The smallest absolute Gasteiger partial charge is 0.253 e. The zero-order chi connectivity index (χ0) is 17.7. The van der Waals surface area contributed by atoms with Crippen LogP contribution in [0.4, 0.5) is 11.4 Å². The summed E-state index contributed by atoms with van der Waals surface area (Å²) < 4.78 is 0. The summed E-state index contributed by atoms with van der Waals surface area (Å²) in [7, 11) is 0. The molecule has 0 heterocycles. The van der Waals surface area contributed by atoms with Crippen LogP contribution in [0.1, 0.15) is 13.3 Å². The van der Waals surface area contributed by atoms with Crippen LogP contribution in [0.2, 0.25) is 0 Å². The fourth-order valence-electron chi connectivity index (χ4n) is 2.39. The van der Waals surface area contributed by atoms with Gasteiger partial charge in [-0.3, -0.25) is 14.4 Å². The van der Waals surface area contributed by atoms with Gasteiger partial charge in [0, 0.05) is 5.70 Å². The second kappa shape index (κ2) is 7.41. The highest BCUT2D eigenvalue weighted by Gasteiger charge is 2.27. The molecule has 0 aliphatic heterocycles. The number of amides is 1.